The number of hydrogen-bond donors (Lipinski definition) is 3. The Morgan fingerprint density at radius 3 is 3.18 bits per heavy atom. The molecule has 1 aromatic carbocycles. The van der Waals surface area contributed by atoms with Crippen molar-refractivity contribution < 1.29 is 9.90 Å². The number of benzene rings is 1. The molecule has 4 heteroatoms. The van der Waals surface area contributed by atoms with Crippen LogP contribution in [0, 0.1) is 0 Å². The zero-order chi connectivity index (χ0) is 12.1. The Balaban J connectivity index is 2.03. The number of nitrogens with one attached hydrogen (secondary N) is 2. The van der Waals surface area contributed by atoms with Crippen molar-refractivity contribution in [2.24, 2.45) is 0 Å². The van der Waals surface area contributed by atoms with E-state index in [1.54, 1.807) is 0 Å². The fraction of sp³-hybridized carbons (Fsp3) is 0.462. The van der Waals surface area contributed by atoms with Crippen LogP contribution in [0.25, 0.3) is 0 Å². The summed E-state index contributed by atoms with van der Waals surface area (Å²) in [5.74, 6) is -0.0631. The van der Waals surface area contributed by atoms with E-state index in [1.807, 2.05) is 18.2 Å². The highest BCUT2D eigenvalue weighted by Crippen LogP contribution is 2.22. The number of fused-ring (bicyclic) bond motifs is 1. The molecule has 1 aromatic rings. The summed E-state index contributed by atoms with van der Waals surface area (Å²) in [4.78, 5) is 11.8. The number of carbonyl (C=O) groups excluding carboxylic acids is 1. The van der Waals surface area contributed by atoms with E-state index in [-0.39, 0.29) is 12.5 Å². The Hall–Kier alpha value is -1.55. The van der Waals surface area contributed by atoms with Crippen LogP contribution in [-0.4, -0.2) is 30.7 Å². The summed E-state index contributed by atoms with van der Waals surface area (Å²) < 4.78 is 0. The number of amides is 1. The molecule has 1 aliphatic rings. The second kappa shape index (κ2) is 5.68. The van der Waals surface area contributed by atoms with Crippen LogP contribution >= 0.6 is 0 Å². The first-order valence-corrected chi connectivity index (χ1v) is 6.07. The summed E-state index contributed by atoms with van der Waals surface area (Å²) in [6.45, 7) is 1.63. The number of anilines is 1. The Kier molecular flexibility index (Phi) is 3.98. The molecule has 1 amide bonds. The van der Waals surface area contributed by atoms with Gasteiger partial charge in [0.05, 0.1) is 0 Å². The van der Waals surface area contributed by atoms with Crippen molar-refractivity contribution in [1.82, 2.24) is 5.32 Å². The van der Waals surface area contributed by atoms with E-state index >= 15 is 0 Å². The molecule has 0 aliphatic carbocycles. The number of aliphatic hydroxyl groups is 1. The van der Waals surface area contributed by atoms with Gasteiger partial charge < -0.3 is 15.7 Å². The van der Waals surface area contributed by atoms with Gasteiger partial charge in [0.25, 0.3) is 5.91 Å². The molecular formula is C13H18N2O2. The molecule has 1 heterocycles. The summed E-state index contributed by atoms with van der Waals surface area (Å²) in [7, 11) is 0. The topological polar surface area (TPSA) is 61.4 Å². The van der Waals surface area contributed by atoms with Gasteiger partial charge in [-0.2, -0.15) is 0 Å². The molecule has 0 aromatic heterocycles. The molecule has 0 saturated heterocycles. The van der Waals surface area contributed by atoms with Crippen molar-refractivity contribution in [3.8, 4) is 0 Å². The molecule has 0 atom stereocenters. The smallest absolute Gasteiger partial charge is 0.251 e. The molecule has 0 bridgehead atoms. The van der Waals surface area contributed by atoms with Gasteiger partial charge in [-0.1, -0.05) is 0 Å². The van der Waals surface area contributed by atoms with Crippen molar-refractivity contribution in [1.29, 1.82) is 0 Å². The van der Waals surface area contributed by atoms with E-state index in [0.717, 1.165) is 25.1 Å². The van der Waals surface area contributed by atoms with Crippen LogP contribution in [0.2, 0.25) is 0 Å². The monoisotopic (exact) mass is 234 g/mol. The van der Waals surface area contributed by atoms with Crippen molar-refractivity contribution in [3.63, 3.8) is 0 Å². The molecule has 0 spiro atoms. The van der Waals surface area contributed by atoms with Gasteiger partial charge in [0.1, 0.15) is 0 Å². The van der Waals surface area contributed by atoms with Crippen molar-refractivity contribution >= 4 is 11.6 Å². The summed E-state index contributed by atoms with van der Waals surface area (Å²) in [5.41, 5.74) is 3.06. The molecule has 2 rings (SSSR count). The molecule has 0 radical (unpaired) electrons. The maximum atomic E-state index is 11.8. The number of carbonyl (C=O) groups is 1. The largest absolute Gasteiger partial charge is 0.396 e. The highest BCUT2D eigenvalue weighted by atomic mass is 16.3. The third kappa shape index (κ3) is 2.97. The Bertz CT molecular complexity index is 404. The van der Waals surface area contributed by atoms with Gasteiger partial charge in [-0.3, -0.25) is 4.79 Å². The Labute approximate surface area is 101 Å². The van der Waals surface area contributed by atoms with Crippen LogP contribution in [0.5, 0.6) is 0 Å². The van der Waals surface area contributed by atoms with Gasteiger partial charge in [0.2, 0.25) is 0 Å². The quantitative estimate of drug-likeness (QED) is 0.685. The highest BCUT2D eigenvalue weighted by Gasteiger charge is 2.11. The molecule has 0 saturated carbocycles. The van der Waals surface area contributed by atoms with Gasteiger partial charge in [-0.25, -0.2) is 0 Å². The van der Waals surface area contributed by atoms with Crippen LogP contribution in [0.4, 0.5) is 5.69 Å². The lowest BCUT2D eigenvalue weighted by Crippen LogP contribution is -2.25. The van der Waals surface area contributed by atoms with E-state index in [9.17, 15) is 4.79 Å². The number of aryl methyl sites for hydroxylation is 1. The first kappa shape index (κ1) is 11.9. The maximum absolute atomic E-state index is 11.8. The van der Waals surface area contributed by atoms with Crippen LogP contribution in [0.1, 0.15) is 28.8 Å². The minimum Gasteiger partial charge on any atom is -0.396 e. The summed E-state index contributed by atoms with van der Waals surface area (Å²) in [6, 6.07) is 5.76. The molecule has 0 unspecified atom stereocenters. The normalized spacial score (nSPS) is 13.7. The fourth-order valence-electron chi connectivity index (χ4n) is 2.00. The third-order valence-electron chi connectivity index (χ3n) is 2.93. The average molecular weight is 234 g/mol. The molecule has 92 valence electrons. The lowest BCUT2D eigenvalue weighted by molar-refractivity contribution is 0.0951. The molecular weight excluding hydrogens is 216 g/mol. The van der Waals surface area contributed by atoms with Crippen LogP contribution in [0.3, 0.4) is 0 Å². The van der Waals surface area contributed by atoms with Crippen molar-refractivity contribution in [2.75, 3.05) is 25.0 Å². The van der Waals surface area contributed by atoms with Gasteiger partial charge in [0.15, 0.2) is 0 Å². The van der Waals surface area contributed by atoms with Crippen LogP contribution in [-0.2, 0) is 6.42 Å². The lowest BCUT2D eigenvalue weighted by atomic mass is 10.0. The van der Waals surface area contributed by atoms with Crippen molar-refractivity contribution in [3.05, 3.63) is 29.3 Å². The maximum Gasteiger partial charge on any atom is 0.251 e. The predicted octanol–water partition coefficient (Wildman–Crippen LogP) is 1.16. The molecule has 17 heavy (non-hydrogen) atoms. The molecule has 4 nitrogen and oxygen atoms in total. The van der Waals surface area contributed by atoms with Gasteiger partial charge in [0, 0.05) is 30.9 Å². The third-order valence-corrected chi connectivity index (χ3v) is 2.93. The van der Waals surface area contributed by atoms with Crippen LogP contribution in [0.15, 0.2) is 18.2 Å². The van der Waals surface area contributed by atoms with E-state index in [2.05, 4.69) is 10.6 Å². The Morgan fingerprint density at radius 2 is 2.35 bits per heavy atom. The summed E-state index contributed by atoms with van der Waals surface area (Å²) >= 11 is 0. The standard InChI is InChI=1S/C13H18N2O2/c16-8-2-7-15-13(17)11-4-5-12-10(9-11)3-1-6-14-12/h4-5,9,14,16H,1-3,6-8H2,(H,15,17). The van der Waals surface area contributed by atoms with E-state index in [0.29, 0.717) is 18.5 Å². The van der Waals surface area contributed by atoms with Gasteiger partial charge >= 0.3 is 0 Å². The second-order valence-corrected chi connectivity index (χ2v) is 4.24. The predicted molar refractivity (Wildman–Crippen MR) is 67.3 cm³/mol. The summed E-state index contributed by atoms with van der Waals surface area (Å²) in [6.07, 6.45) is 2.74. The fourth-order valence-corrected chi connectivity index (χ4v) is 2.00. The zero-order valence-corrected chi connectivity index (χ0v) is 9.83. The van der Waals surface area contributed by atoms with Crippen molar-refractivity contribution in [2.45, 2.75) is 19.3 Å². The van der Waals surface area contributed by atoms with E-state index in [1.165, 1.54) is 5.56 Å². The van der Waals surface area contributed by atoms with Crippen LogP contribution < -0.4 is 10.6 Å². The van der Waals surface area contributed by atoms with E-state index < -0.39 is 0 Å². The minimum absolute atomic E-state index is 0.0631. The minimum atomic E-state index is -0.0631. The molecule has 0 fully saturated rings. The zero-order valence-electron chi connectivity index (χ0n) is 9.83. The lowest BCUT2D eigenvalue weighted by Gasteiger charge is -2.18. The summed E-state index contributed by atoms with van der Waals surface area (Å²) in [5, 5.41) is 14.8. The van der Waals surface area contributed by atoms with Gasteiger partial charge in [-0.15, -0.1) is 0 Å². The Morgan fingerprint density at radius 1 is 1.47 bits per heavy atom. The van der Waals surface area contributed by atoms with Gasteiger partial charge in [-0.05, 0) is 43.0 Å². The first-order chi connectivity index (χ1) is 8.31. The molecule has 3 N–H and O–H groups in total. The number of aliphatic hydroxyl groups excluding tert-OH is 1. The van der Waals surface area contributed by atoms with E-state index in [4.69, 9.17) is 5.11 Å². The molecule has 1 aliphatic heterocycles. The highest BCUT2D eigenvalue weighted by molar-refractivity contribution is 5.94. The SMILES string of the molecule is O=C(NCCCO)c1ccc2c(c1)CCCN2. The number of rotatable bonds is 4. The first-order valence-electron chi connectivity index (χ1n) is 6.07. The number of hydrogen-bond acceptors (Lipinski definition) is 3. The second-order valence-electron chi connectivity index (χ2n) is 4.24. The average Bonchev–Trinajstić information content (AvgIpc) is 2.38.